The zero-order valence-electron chi connectivity index (χ0n) is 56.2. The van der Waals surface area contributed by atoms with E-state index in [0.717, 1.165) is 44.9 Å². The largest absolute Gasteiger partial charge is 0.394 e. The minimum Gasteiger partial charge on any atom is -0.394 e. The van der Waals surface area contributed by atoms with Crippen molar-refractivity contribution in [1.82, 2.24) is 5.32 Å². The molecule has 0 aromatic rings. The maximum Gasteiger partial charge on any atom is 0.220 e. The van der Waals surface area contributed by atoms with E-state index in [9.17, 15) is 45.6 Å². The lowest BCUT2D eigenvalue weighted by Crippen LogP contribution is -2.65. The average Bonchev–Trinajstić information content (AvgIpc) is 2.07. The second-order valence-electron chi connectivity index (χ2n) is 26.1. The summed E-state index contributed by atoms with van der Waals surface area (Å²) < 4.78 is 22.9. The molecule has 2 rings (SSSR count). The zero-order chi connectivity index (χ0) is 63.8. The molecule has 2 fully saturated rings. The molecule has 2 aliphatic rings. The number of hydrogen-bond donors (Lipinski definition) is 9. The van der Waals surface area contributed by atoms with Gasteiger partial charge in [0.1, 0.15) is 48.8 Å². The van der Waals surface area contributed by atoms with Gasteiger partial charge in [0.2, 0.25) is 5.91 Å². The van der Waals surface area contributed by atoms with Crippen LogP contribution in [0.15, 0.2) is 48.6 Å². The van der Waals surface area contributed by atoms with Gasteiger partial charge in [-0.25, -0.2) is 0 Å². The quantitative estimate of drug-likeness (QED) is 0.0204. The number of ether oxygens (including phenoxy) is 4. The molecule has 88 heavy (non-hydrogen) atoms. The second kappa shape index (κ2) is 58.7. The van der Waals surface area contributed by atoms with Crippen molar-refractivity contribution in [3.8, 4) is 0 Å². The smallest absolute Gasteiger partial charge is 0.220 e. The standard InChI is InChI=1S/C74H137NO13/c1-3-5-7-9-11-13-15-17-19-21-23-25-27-29-30-31-32-34-36-38-40-42-44-46-48-50-52-54-56-58-66(79)75-62(61-85-73-71(84)69(82)72(65(60-77)87-73)88-74-70(83)68(81)67(80)64(59-76)86-74)63(78)57-55-53-51-49-47-45-43-41-39-37-35-33-28-26-24-22-20-18-16-14-12-10-8-6-4-2/h21,23,39,41,47,49,55,57,62-65,67-74,76-78,80-84H,3-20,22,24-38,40,42-46,48,50-54,56,58-61H2,1-2H3,(H,75,79)/b23-21-,41-39+,49-47+,57-55+. The van der Waals surface area contributed by atoms with E-state index in [1.807, 2.05) is 6.08 Å². The number of rotatable bonds is 61. The fraction of sp³-hybridized carbons (Fsp3) is 0.878. The van der Waals surface area contributed by atoms with Crippen LogP contribution in [0.3, 0.4) is 0 Å². The van der Waals surface area contributed by atoms with E-state index in [1.165, 1.54) is 244 Å². The topological polar surface area (TPSA) is 228 Å². The number of carbonyl (C=O) groups is 1. The van der Waals surface area contributed by atoms with Gasteiger partial charge in [0, 0.05) is 6.42 Å². The molecule has 0 bridgehead atoms. The number of nitrogens with one attached hydrogen (secondary N) is 1. The first kappa shape index (κ1) is 82.0. The number of amides is 1. The summed E-state index contributed by atoms with van der Waals surface area (Å²) >= 11 is 0. The van der Waals surface area contributed by atoms with Crippen LogP contribution >= 0.6 is 0 Å². The molecule has 0 spiro atoms. The highest BCUT2D eigenvalue weighted by Gasteiger charge is 2.51. The molecule has 2 heterocycles. The van der Waals surface area contributed by atoms with E-state index in [0.29, 0.717) is 12.8 Å². The van der Waals surface area contributed by atoms with Gasteiger partial charge >= 0.3 is 0 Å². The Labute approximate surface area is 537 Å². The van der Waals surface area contributed by atoms with Crippen molar-refractivity contribution >= 4 is 5.91 Å². The van der Waals surface area contributed by atoms with E-state index in [1.54, 1.807) is 6.08 Å². The highest BCUT2D eigenvalue weighted by Crippen LogP contribution is 2.30. The predicted molar refractivity (Wildman–Crippen MR) is 360 cm³/mol. The lowest BCUT2D eigenvalue weighted by Gasteiger charge is -2.46. The maximum atomic E-state index is 13.3. The summed E-state index contributed by atoms with van der Waals surface area (Å²) in [5.41, 5.74) is 0. The third-order valence-electron chi connectivity index (χ3n) is 18.0. The monoisotopic (exact) mass is 1250 g/mol. The number of unbranched alkanes of at least 4 members (excludes halogenated alkanes) is 42. The normalized spacial score (nSPS) is 23.4. The molecule has 1 amide bonds. The zero-order valence-corrected chi connectivity index (χ0v) is 56.2. The molecule has 2 saturated heterocycles. The van der Waals surface area contributed by atoms with E-state index in [4.69, 9.17) is 18.9 Å². The summed E-state index contributed by atoms with van der Waals surface area (Å²) in [5.74, 6) is -0.248. The predicted octanol–water partition coefficient (Wildman–Crippen LogP) is 15.5. The number of aliphatic hydroxyl groups excluding tert-OH is 8. The van der Waals surface area contributed by atoms with Gasteiger partial charge in [0.15, 0.2) is 12.6 Å². The van der Waals surface area contributed by atoms with Crippen LogP contribution in [0.25, 0.3) is 0 Å². The molecule has 9 N–H and O–H groups in total. The number of carbonyl (C=O) groups excluding carboxylic acids is 1. The number of aliphatic hydroxyl groups is 8. The fourth-order valence-corrected chi connectivity index (χ4v) is 12.1. The van der Waals surface area contributed by atoms with Gasteiger partial charge in [-0.3, -0.25) is 4.79 Å². The summed E-state index contributed by atoms with van der Waals surface area (Å²) in [4.78, 5) is 13.3. The number of allylic oxidation sites excluding steroid dienone is 7. The van der Waals surface area contributed by atoms with E-state index < -0.39 is 86.8 Å². The Balaban J connectivity index is 1.68. The summed E-state index contributed by atoms with van der Waals surface area (Å²) in [6.07, 6.45) is 60.4. The van der Waals surface area contributed by atoms with Crippen molar-refractivity contribution in [3.63, 3.8) is 0 Å². The minimum absolute atomic E-state index is 0.248. The van der Waals surface area contributed by atoms with Crippen molar-refractivity contribution in [2.45, 2.75) is 396 Å². The van der Waals surface area contributed by atoms with Crippen molar-refractivity contribution < 1.29 is 64.6 Å². The molecule has 12 atom stereocenters. The van der Waals surface area contributed by atoms with Crippen molar-refractivity contribution in [2.75, 3.05) is 19.8 Å². The second-order valence-corrected chi connectivity index (χ2v) is 26.1. The van der Waals surface area contributed by atoms with Crippen LogP contribution in [0.4, 0.5) is 0 Å². The van der Waals surface area contributed by atoms with Crippen LogP contribution < -0.4 is 5.32 Å². The Morgan fingerprint density at radius 1 is 0.398 bits per heavy atom. The van der Waals surface area contributed by atoms with Crippen LogP contribution in [0, 0.1) is 0 Å². The fourth-order valence-electron chi connectivity index (χ4n) is 12.1. The van der Waals surface area contributed by atoms with Gasteiger partial charge in [0.25, 0.3) is 0 Å². The third-order valence-corrected chi connectivity index (χ3v) is 18.0. The van der Waals surface area contributed by atoms with Crippen LogP contribution in [-0.2, 0) is 23.7 Å². The molecule has 0 aromatic heterocycles. The van der Waals surface area contributed by atoms with Crippen LogP contribution in [-0.4, -0.2) is 140 Å². The van der Waals surface area contributed by atoms with Gasteiger partial charge in [0.05, 0.1) is 32.0 Å². The summed E-state index contributed by atoms with van der Waals surface area (Å²) in [7, 11) is 0. The maximum absolute atomic E-state index is 13.3. The molecule has 14 nitrogen and oxygen atoms in total. The average molecular weight is 1250 g/mol. The third kappa shape index (κ3) is 42.2. The van der Waals surface area contributed by atoms with Gasteiger partial charge in [-0.15, -0.1) is 0 Å². The van der Waals surface area contributed by atoms with Crippen molar-refractivity contribution in [3.05, 3.63) is 48.6 Å². The minimum atomic E-state index is -1.79. The van der Waals surface area contributed by atoms with E-state index in [2.05, 4.69) is 55.6 Å². The first-order valence-corrected chi connectivity index (χ1v) is 36.9. The molecule has 2 aliphatic heterocycles. The lowest BCUT2D eigenvalue weighted by molar-refractivity contribution is -0.359. The highest BCUT2D eigenvalue weighted by atomic mass is 16.7. The Kier molecular flexibility index (Phi) is 54.8. The van der Waals surface area contributed by atoms with Crippen molar-refractivity contribution in [1.29, 1.82) is 0 Å². The summed E-state index contributed by atoms with van der Waals surface area (Å²) in [5, 5.41) is 87.5. The molecule has 12 unspecified atom stereocenters. The molecular weight excluding hydrogens is 1110 g/mol. The van der Waals surface area contributed by atoms with Crippen LogP contribution in [0.1, 0.15) is 322 Å². The number of hydrogen-bond acceptors (Lipinski definition) is 13. The van der Waals surface area contributed by atoms with Crippen molar-refractivity contribution in [2.24, 2.45) is 0 Å². The Morgan fingerprint density at radius 3 is 1.11 bits per heavy atom. The molecule has 0 radical (unpaired) electrons. The first-order chi connectivity index (χ1) is 43.1. The summed E-state index contributed by atoms with van der Waals surface area (Å²) in [6.45, 7) is 2.82. The Hall–Kier alpha value is -2.05. The lowest BCUT2D eigenvalue weighted by atomic mass is 9.97. The van der Waals surface area contributed by atoms with Gasteiger partial charge in [-0.05, 0) is 70.6 Å². The molecule has 0 saturated carbocycles. The molecular formula is C74H137NO13. The van der Waals surface area contributed by atoms with E-state index >= 15 is 0 Å². The Bertz CT molecular complexity index is 1660. The van der Waals surface area contributed by atoms with Crippen LogP contribution in [0.2, 0.25) is 0 Å². The Morgan fingerprint density at radius 2 is 0.727 bits per heavy atom. The van der Waals surface area contributed by atoms with E-state index in [-0.39, 0.29) is 18.9 Å². The van der Waals surface area contributed by atoms with Gasteiger partial charge in [-0.1, -0.05) is 294 Å². The SMILES string of the molecule is CCCCCCCCCC/C=C\CCCCCCCCCCCCCCCCCCCC(=O)NC(COC1OC(CO)C(OC2OC(CO)C(O)C(O)C2O)C(O)C1O)C(O)/C=C/CC/C=C/CC/C=C/CCCCCCCCCCCCCCCCC. The molecule has 516 valence electrons. The molecule has 14 heteroatoms. The van der Waals surface area contributed by atoms with Gasteiger partial charge in [-0.2, -0.15) is 0 Å². The highest BCUT2D eigenvalue weighted by molar-refractivity contribution is 5.76. The first-order valence-electron chi connectivity index (χ1n) is 36.9. The van der Waals surface area contributed by atoms with Gasteiger partial charge < -0.3 is 65.1 Å². The molecule has 0 aromatic carbocycles. The summed E-state index contributed by atoms with van der Waals surface area (Å²) in [6, 6.07) is -0.939. The molecule has 0 aliphatic carbocycles. The van der Waals surface area contributed by atoms with Crippen LogP contribution in [0.5, 0.6) is 0 Å².